The molecule has 0 atom stereocenters. The lowest BCUT2D eigenvalue weighted by Crippen LogP contribution is -2.05. The number of thiophene rings is 1. The van der Waals surface area contributed by atoms with Crippen LogP contribution in [0.4, 0.5) is 9.39 Å². The number of rotatable bonds is 2. The minimum absolute atomic E-state index is 0.107. The number of nitrogens with zero attached hydrogens (tertiary/aromatic N) is 4. The third-order valence-electron chi connectivity index (χ3n) is 5.10. The second kappa shape index (κ2) is 5.23. The van der Waals surface area contributed by atoms with Gasteiger partial charge in [0, 0.05) is 33.8 Å². The molecule has 132 valence electrons. The van der Waals surface area contributed by atoms with Gasteiger partial charge in [0.2, 0.25) is 0 Å². The number of phenolic OH excluding ortho intramolecular Hbond substituents is 1. The summed E-state index contributed by atoms with van der Waals surface area (Å²) in [5.74, 6) is -0.00640. The van der Waals surface area contributed by atoms with Crippen LogP contribution in [0.25, 0.3) is 16.8 Å². The van der Waals surface area contributed by atoms with Crippen LogP contribution in [0, 0.1) is 5.82 Å². The highest BCUT2D eigenvalue weighted by Gasteiger charge is 2.30. The summed E-state index contributed by atoms with van der Waals surface area (Å²) >= 11 is 1.66. The molecule has 4 aromatic rings. The Morgan fingerprint density at radius 1 is 1.11 bits per heavy atom. The predicted molar refractivity (Wildman–Crippen MR) is 102 cm³/mol. The first-order valence-electron chi connectivity index (χ1n) is 8.73. The second-order valence-corrected chi connectivity index (χ2v) is 7.96. The number of halogens is 1. The van der Waals surface area contributed by atoms with Crippen LogP contribution in [0.1, 0.15) is 34.8 Å². The van der Waals surface area contributed by atoms with Crippen LogP contribution in [0.5, 0.6) is 5.75 Å². The van der Waals surface area contributed by atoms with Gasteiger partial charge in [0.05, 0.1) is 5.71 Å². The zero-order chi connectivity index (χ0) is 18.1. The highest BCUT2D eigenvalue weighted by molar-refractivity contribution is 7.16. The van der Waals surface area contributed by atoms with E-state index in [-0.39, 0.29) is 5.75 Å². The molecule has 1 saturated carbocycles. The Kier molecular flexibility index (Phi) is 2.91. The molecule has 0 saturated heterocycles. The van der Waals surface area contributed by atoms with Gasteiger partial charge < -0.3 is 5.11 Å². The van der Waals surface area contributed by atoms with Crippen LogP contribution >= 0.6 is 11.3 Å². The van der Waals surface area contributed by atoms with E-state index in [2.05, 4.69) is 16.1 Å². The summed E-state index contributed by atoms with van der Waals surface area (Å²) in [7, 11) is 0. The van der Waals surface area contributed by atoms with Crippen LogP contribution < -0.4 is 0 Å². The molecule has 27 heavy (non-hydrogen) atoms. The van der Waals surface area contributed by atoms with E-state index in [0.717, 1.165) is 33.4 Å². The maximum Gasteiger partial charge on any atom is 0.137 e. The number of benzene rings is 1. The van der Waals surface area contributed by atoms with Crippen molar-refractivity contribution in [1.82, 2.24) is 14.6 Å². The van der Waals surface area contributed by atoms with Crippen molar-refractivity contribution in [3.05, 3.63) is 64.7 Å². The molecule has 6 rings (SSSR count). The van der Waals surface area contributed by atoms with Crippen molar-refractivity contribution >= 4 is 27.6 Å². The van der Waals surface area contributed by atoms with Crippen molar-refractivity contribution in [1.29, 1.82) is 0 Å². The Morgan fingerprint density at radius 2 is 2.00 bits per heavy atom. The Bertz CT molecular complexity index is 1270. The Labute approximate surface area is 157 Å². The molecule has 4 heterocycles. The number of aromatic nitrogens is 3. The molecular formula is C20H13FN4OS. The monoisotopic (exact) mass is 376 g/mol. The van der Waals surface area contributed by atoms with E-state index in [4.69, 9.17) is 4.99 Å². The largest absolute Gasteiger partial charge is 0.508 e. The normalized spacial score (nSPS) is 15.5. The fraction of sp³-hybridized carbons (Fsp3) is 0.150. The van der Waals surface area contributed by atoms with Crippen molar-refractivity contribution < 1.29 is 9.50 Å². The quantitative estimate of drug-likeness (QED) is 0.487. The molecule has 1 aromatic carbocycles. The van der Waals surface area contributed by atoms with Crippen LogP contribution in [-0.2, 0) is 0 Å². The Balaban J connectivity index is 1.70. The molecule has 0 bridgehead atoms. The molecule has 0 radical (unpaired) electrons. The average Bonchev–Trinajstić information content (AvgIpc) is 3.31. The molecule has 2 aliphatic rings. The van der Waals surface area contributed by atoms with Crippen molar-refractivity contribution in [3.63, 3.8) is 0 Å². The van der Waals surface area contributed by atoms with Crippen LogP contribution in [-0.4, -0.2) is 25.4 Å². The summed E-state index contributed by atoms with van der Waals surface area (Å²) in [4.78, 5) is 10.7. The van der Waals surface area contributed by atoms with E-state index in [0.29, 0.717) is 17.2 Å². The zero-order valence-electron chi connectivity index (χ0n) is 14.1. The minimum Gasteiger partial charge on any atom is -0.508 e. The first-order valence-corrected chi connectivity index (χ1v) is 9.55. The number of hydrogen-bond donors (Lipinski definition) is 1. The van der Waals surface area contributed by atoms with Gasteiger partial charge in [-0.3, -0.25) is 0 Å². The highest BCUT2D eigenvalue weighted by Crippen LogP contribution is 2.50. The fourth-order valence-electron chi connectivity index (χ4n) is 3.63. The maximum absolute atomic E-state index is 14.7. The molecule has 1 fully saturated rings. The SMILES string of the molecule is Oc1ccc(C2=Nc3sc(C4CC4)cc3-c3ncnn4ccc2c34)c(F)c1. The van der Waals surface area contributed by atoms with Gasteiger partial charge in [-0.05, 0) is 43.0 Å². The van der Waals surface area contributed by atoms with Gasteiger partial charge >= 0.3 is 0 Å². The molecule has 0 unspecified atom stereocenters. The fourth-order valence-corrected chi connectivity index (χ4v) is 4.83. The maximum atomic E-state index is 14.7. The van der Waals surface area contributed by atoms with E-state index < -0.39 is 5.82 Å². The predicted octanol–water partition coefficient (Wildman–Crippen LogP) is 4.66. The number of aliphatic imine (C=N–C) groups is 1. The van der Waals surface area contributed by atoms with Gasteiger partial charge in [-0.25, -0.2) is 18.9 Å². The van der Waals surface area contributed by atoms with Gasteiger partial charge in [-0.1, -0.05) is 0 Å². The van der Waals surface area contributed by atoms with Crippen LogP contribution in [0.15, 0.2) is 47.8 Å². The number of fused-ring (bicyclic) bond motifs is 2. The van der Waals surface area contributed by atoms with Gasteiger partial charge in [0.15, 0.2) is 0 Å². The van der Waals surface area contributed by atoms with Gasteiger partial charge in [-0.15, -0.1) is 11.3 Å². The van der Waals surface area contributed by atoms with E-state index in [9.17, 15) is 9.50 Å². The first-order chi connectivity index (χ1) is 13.2. The molecule has 7 heteroatoms. The van der Waals surface area contributed by atoms with E-state index >= 15 is 0 Å². The lowest BCUT2D eigenvalue weighted by Gasteiger charge is -2.07. The van der Waals surface area contributed by atoms with Crippen molar-refractivity contribution in [3.8, 4) is 17.0 Å². The summed E-state index contributed by atoms with van der Waals surface area (Å²) in [6.07, 6.45) is 5.79. The van der Waals surface area contributed by atoms with E-state index in [1.54, 1.807) is 21.9 Å². The lowest BCUT2D eigenvalue weighted by molar-refractivity contribution is 0.469. The molecule has 0 amide bonds. The Hall–Kier alpha value is -3.06. The van der Waals surface area contributed by atoms with E-state index in [1.807, 2.05) is 12.3 Å². The summed E-state index contributed by atoms with van der Waals surface area (Å²) in [6, 6.07) is 8.22. The van der Waals surface area contributed by atoms with Crippen molar-refractivity contribution in [2.24, 2.45) is 4.99 Å². The topological polar surface area (TPSA) is 62.8 Å². The number of hydrogen-bond acceptors (Lipinski definition) is 5. The molecule has 1 aliphatic heterocycles. The third-order valence-corrected chi connectivity index (χ3v) is 6.29. The summed E-state index contributed by atoms with van der Waals surface area (Å²) in [5.41, 5.74) is 4.29. The standard InChI is InChI=1S/C20H13FN4OS/c21-15-7-11(26)3-4-12(15)17-13-5-6-25-19(13)18(22-9-23-25)14-8-16(10-1-2-10)27-20(14)24-17/h3-10,26H,1-2H2. The van der Waals surface area contributed by atoms with Crippen LogP contribution in [0.3, 0.4) is 0 Å². The van der Waals surface area contributed by atoms with Gasteiger partial charge in [0.25, 0.3) is 0 Å². The third kappa shape index (κ3) is 2.18. The number of aromatic hydroxyl groups is 1. The number of phenols is 1. The van der Waals surface area contributed by atoms with Crippen molar-refractivity contribution in [2.45, 2.75) is 18.8 Å². The molecule has 0 spiro atoms. The zero-order valence-corrected chi connectivity index (χ0v) is 14.9. The Morgan fingerprint density at radius 3 is 2.81 bits per heavy atom. The molecular weight excluding hydrogens is 363 g/mol. The van der Waals surface area contributed by atoms with Crippen molar-refractivity contribution in [2.75, 3.05) is 0 Å². The minimum atomic E-state index is -0.506. The molecule has 3 aromatic heterocycles. The van der Waals surface area contributed by atoms with Gasteiger partial charge in [0.1, 0.15) is 34.1 Å². The highest BCUT2D eigenvalue weighted by atomic mass is 32.1. The molecule has 1 N–H and O–H groups in total. The second-order valence-electron chi connectivity index (χ2n) is 6.90. The van der Waals surface area contributed by atoms with E-state index in [1.165, 1.54) is 30.1 Å². The smallest absolute Gasteiger partial charge is 0.137 e. The summed E-state index contributed by atoms with van der Waals surface area (Å²) in [5, 5.41) is 14.7. The molecule has 5 nitrogen and oxygen atoms in total. The van der Waals surface area contributed by atoms with Gasteiger partial charge in [-0.2, -0.15) is 5.10 Å². The molecule has 1 aliphatic carbocycles. The summed E-state index contributed by atoms with van der Waals surface area (Å²) < 4.78 is 16.4. The first kappa shape index (κ1) is 15.0. The average molecular weight is 376 g/mol. The summed E-state index contributed by atoms with van der Waals surface area (Å²) in [6.45, 7) is 0. The lowest BCUT2D eigenvalue weighted by atomic mass is 10.0. The van der Waals surface area contributed by atoms with Crippen LogP contribution in [0.2, 0.25) is 0 Å².